The number of fused-ring (bicyclic) bond motifs is 1. The third-order valence-corrected chi connectivity index (χ3v) is 3.57. The lowest BCUT2D eigenvalue weighted by Crippen LogP contribution is -2.08. The average molecular weight is 315 g/mol. The Kier molecular flexibility index (Phi) is 3.90. The van der Waals surface area contributed by atoms with Gasteiger partial charge in [0.1, 0.15) is 17.6 Å². The van der Waals surface area contributed by atoms with Gasteiger partial charge in [-0.25, -0.2) is 0 Å². The molecule has 3 aromatic rings. The normalized spacial score (nSPS) is 11.1. The van der Waals surface area contributed by atoms with Crippen molar-refractivity contribution < 1.29 is 9.15 Å². The van der Waals surface area contributed by atoms with Crippen LogP contribution in [0.2, 0.25) is 5.02 Å². The first-order valence-corrected chi connectivity index (χ1v) is 7.41. The maximum absolute atomic E-state index is 12.7. The summed E-state index contributed by atoms with van der Waals surface area (Å²) in [6, 6.07) is 12.7. The minimum Gasteiger partial charge on any atom is -0.489 e. The largest absolute Gasteiger partial charge is 0.489 e. The predicted molar refractivity (Wildman–Crippen MR) is 88.7 cm³/mol. The SMILES string of the molecule is CC(C)Oc1cc2occ(-c3ccccc3)c(=O)c2cc1Cl. The number of ether oxygens (including phenoxy) is 1. The Labute approximate surface area is 133 Å². The first-order chi connectivity index (χ1) is 10.6. The van der Waals surface area contributed by atoms with Crippen molar-refractivity contribution in [2.45, 2.75) is 20.0 Å². The second kappa shape index (κ2) is 5.85. The summed E-state index contributed by atoms with van der Waals surface area (Å²) < 4.78 is 11.2. The highest BCUT2D eigenvalue weighted by atomic mass is 35.5. The predicted octanol–water partition coefficient (Wildman–Crippen LogP) is 4.90. The molecule has 0 amide bonds. The van der Waals surface area contributed by atoms with Gasteiger partial charge in [0, 0.05) is 6.07 Å². The molecule has 0 aliphatic heterocycles. The summed E-state index contributed by atoms with van der Waals surface area (Å²) in [7, 11) is 0. The number of benzene rings is 2. The van der Waals surface area contributed by atoms with Crippen molar-refractivity contribution in [2.75, 3.05) is 0 Å². The second-order valence-corrected chi connectivity index (χ2v) is 5.70. The molecular formula is C18H15ClO3. The fourth-order valence-electron chi connectivity index (χ4n) is 2.29. The Balaban J connectivity index is 2.18. The molecular weight excluding hydrogens is 300 g/mol. The monoisotopic (exact) mass is 314 g/mol. The number of hydrogen-bond donors (Lipinski definition) is 0. The topological polar surface area (TPSA) is 39.4 Å². The molecule has 0 bridgehead atoms. The van der Waals surface area contributed by atoms with Gasteiger partial charge >= 0.3 is 0 Å². The molecule has 0 radical (unpaired) electrons. The molecule has 22 heavy (non-hydrogen) atoms. The Morgan fingerprint density at radius 3 is 2.55 bits per heavy atom. The fourth-order valence-corrected chi connectivity index (χ4v) is 2.50. The van der Waals surface area contributed by atoms with E-state index in [4.69, 9.17) is 20.8 Å². The van der Waals surface area contributed by atoms with Crippen molar-refractivity contribution in [3.8, 4) is 16.9 Å². The first-order valence-electron chi connectivity index (χ1n) is 7.03. The molecule has 0 unspecified atom stereocenters. The van der Waals surface area contributed by atoms with Gasteiger partial charge in [-0.1, -0.05) is 41.9 Å². The zero-order valence-electron chi connectivity index (χ0n) is 12.3. The zero-order chi connectivity index (χ0) is 15.7. The van der Waals surface area contributed by atoms with E-state index in [1.807, 2.05) is 44.2 Å². The minimum atomic E-state index is -0.106. The van der Waals surface area contributed by atoms with Gasteiger partial charge in [-0.3, -0.25) is 4.79 Å². The molecule has 1 aromatic heterocycles. The molecule has 4 heteroatoms. The number of halogens is 1. The summed E-state index contributed by atoms with van der Waals surface area (Å²) in [6.45, 7) is 3.82. The third-order valence-electron chi connectivity index (χ3n) is 3.27. The molecule has 1 heterocycles. The van der Waals surface area contributed by atoms with Gasteiger partial charge in [-0.05, 0) is 25.5 Å². The van der Waals surface area contributed by atoms with Crippen molar-refractivity contribution in [1.82, 2.24) is 0 Å². The third kappa shape index (κ3) is 2.72. The van der Waals surface area contributed by atoms with Crippen molar-refractivity contribution in [3.63, 3.8) is 0 Å². The maximum atomic E-state index is 12.7. The summed E-state index contributed by atoms with van der Waals surface area (Å²) in [5, 5.41) is 0.848. The highest BCUT2D eigenvalue weighted by molar-refractivity contribution is 6.32. The lowest BCUT2D eigenvalue weighted by atomic mass is 10.1. The van der Waals surface area contributed by atoms with Crippen LogP contribution < -0.4 is 10.2 Å². The average Bonchev–Trinajstić information content (AvgIpc) is 2.50. The lowest BCUT2D eigenvalue weighted by Gasteiger charge is -2.12. The zero-order valence-corrected chi connectivity index (χ0v) is 13.1. The van der Waals surface area contributed by atoms with Gasteiger partial charge in [0.05, 0.1) is 22.1 Å². The summed E-state index contributed by atoms with van der Waals surface area (Å²) in [4.78, 5) is 12.7. The Morgan fingerprint density at radius 2 is 1.86 bits per heavy atom. The van der Waals surface area contributed by atoms with Gasteiger partial charge in [-0.15, -0.1) is 0 Å². The van der Waals surface area contributed by atoms with Crippen LogP contribution in [-0.4, -0.2) is 6.10 Å². The van der Waals surface area contributed by atoms with E-state index >= 15 is 0 Å². The molecule has 0 N–H and O–H groups in total. The molecule has 0 aliphatic rings. The van der Waals surface area contributed by atoms with Gasteiger partial charge in [0.15, 0.2) is 0 Å². The van der Waals surface area contributed by atoms with Crippen LogP contribution in [0.5, 0.6) is 5.75 Å². The molecule has 3 rings (SSSR count). The molecule has 0 saturated carbocycles. The molecule has 2 aromatic carbocycles. The van der Waals surface area contributed by atoms with Crippen LogP contribution in [0.4, 0.5) is 0 Å². The maximum Gasteiger partial charge on any atom is 0.200 e. The van der Waals surface area contributed by atoms with Crippen LogP contribution in [0.15, 0.2) is 57.9 Å². The summed E-state index contributed by atoms with van der Waals surface area (Å²) in [6.07, 6.45) is 1.47. The van der Waals surface area contributed by atoms with Gasteiger partial charge < -0.3 is 9.15 Å². The van der Waals surface area contributed by atoms with Crippen LogP contribution in [-0.2, 0) is 0 Å². The number of rotatable bonds is 3. The molecule has 0 saturated heterocycles. The number of hydrogen-bond acceptors (Lipinski definition) is 3. The standard InChI is InChI=1S/C18H15ClO3/c1-11(2)22-17-9-16-13(8-15(17)19)18(20)14(10-21-16)12-6-4-3-5-7-12/h3-11H,1-2H3. The van der Waals surface area contributed by atoms with E-state index in [0.29, 0.717) is 27.3 Å². The van der Waals surface area contributed by atoms with Crippen molar-refractivity contribution >= 4 is 22.6 Å². The Bertz CT molecular complexity index is 867. The quantitative estimate of drug-likeness (QED) is 0.690. The van der Waals surface area contributed by atoms with Crippen molar-refractivity contribution in [3.05, 3.63) is 64.0 Å². The molecule has 0 atom stereocenters. The van der Waals surface area contributed by atoms with E-state index in [0.717, 1.165) is 5.56 Å². The van der Waals surface area contributed by atoms with E-state index in [9.17, 15) is 4.79 Å². The molecule has 3 nitrogen and oxygen atoms in total. The van der Waals surface area contributed by atoms with Crippen LogP contribution in [0.25, 0.3) is 22.1 Å². The highest BCUT2D eigenvalue weighted by Crippen LogP contribution is 2.30. The summed E-state index contributed by atoms with van der Waals surface area (Å²) in [5.41, 5.74) is 1.69. The van der Waals surface area contributed by atoms with Gasteiger partial charge in [0.25, 0.3) is 0 Å². The first kappa shape index (κ1) is 14.7. The fraction of sp³-hybridized carbons (Fsp3) is 0.167. The molecule has 0 fully saturated rings. The van der Waals surface area contributed by atoms with E-state index in [1.54, 1.807) is 12.1 Å². The van der Waals surface area contributed by atoms with E-state index in [1.165, 1.54) is 6.26 Å². The van der Waals surface area contributed by atoms with Crippen LogP contribution in [0.3, 0.4) is 0 Å². The van der Waals surface area contributed by atoms with Crippen molar-refractivity contribution in [1.29, 1.82) is 0 Å². The Hall–Kier alpha value is -2.26. The lowest BCUT2D eigenvalue weighted by molar-refractivity contribution is 0.242. The second-order valence-electron chi connectivity index (χ2n) is 5.29. The smallest absolute Gasteiger partial charge is 0.200 e. The van der Waals surface area contributed by atoms with E-state index in [-0.39, 0.29) is 11.5 Å². The highest BCUT2D eigenvalue weighted by Gasteiger charge is 2.13. The molecule has 0 spiro atoms. The summed E-state index contributed by atoms with van der Waals surface area (Å²) in [5.74, 6) is 0.514. The van der Waals surface area contributed by atoms with Gasteiger partial charge in [-0.2, -0.15) is 0 Å². The van der Waals surface area contributed by atoms with Crippen LogP contribution in [0.1, 0.15) is 13.8 Å². The molecule has 112 valence electrons. The van der Waals surface area contributed by atoms with Crippen molar-refractivity contribution in [2.24, 2.45) is 0 Å². The minimum absolute atomic E-state index is 0.00901. The van der Waals surface area contributed by atoms with Crippen LogP contribution >= 0.6 is 11.6 Å². The van der Waals surface area contributed by atoms with E-state index in [2.05, 4.69) is 0 Å². The molecule has 0 aliphatic carbocycles. The van der Waals surface area contributed by atoms with E-state index < -0.39 is 0 Å². The summed E-state index contributed by atoms with van der Waals surface area (Å²) >= 11 is 6.21. The Morgan fingerprint density at radius 1 is 1.14 bits per heavy atom. The van der Waals surface area contributed by atoms with Crippen LogP contribution in [0, 0.1) is 0 Å². The van der Waals surface area contributed by atoms with Gasteiger partial charge in [0.2, 0.25) is 5.43 Å².